The van der Waals surface area contributed by atoms with Gasteiger partial charge in [0.05, 0.1) is 7.11 Å². The molecule has 0 saturated carbocycles. The lowest BCUT2D eigenvalue weighted by Gasteiger charge is -2.43. The third-order valence-electron chi connectivity index (χ3n) is 3.96. The molecule has 2 rings (SSSR count). The fourth-order valence-corrected chi connectivity index (χ4v) is 3.57. The highest BCUT2D eigenvalue weighted by Crippen LogP contribution is 2.31. The lowest BCUT2D eigenvalue weighted by molar-refractivity contribution is -0.279. The van der Waals surface area contributed by atoms with Crippen LogP contribution >= 0.6 is 22.6 Å². The minimum absolute atomic E-state index is 0.405. The van der Waals surface area contributed by atoms with Gasteiger partial charge in [0, 0.05) is 25.2 Å². The third kappa shape index (κ3) is 6.46. The molecular weight excluding hydrogens is 499 g/mol. The van der Waals surface area contributed by atoms with Crippen molar-refractivity contribution in [2.24, 2.45) is 0 Å². The first-order chi connectivity index (χ1) is 13.7. The maximum absolute atomic E-state index is 11.7. The number of halogens is 1. The molecule has 10 heteroatoms. The minimum Gasteiger partial charge on any atom is -0.497 e. The van der Waals surface area contributed by atoms with E-state index >= 15 is 0 Å². The highest BCUT2D eigenvalue weighted by molar-refractivity contribution is 14.1. The molecule has 0 aliphatic carbocycles. The molecular formula is C19H23IO9. The maximum Gasteiger partial charge on any atom is 0.303 e. The lowest BCUT2D eigenvalue weighted by atomic mass is 9.99. The van der Waals surface area contributed by atoms with Crippen LogP contribution in [-0.2, 0) is 33.3 Å². The van der Waals surface area contributed by atoms with Gasteiger partial charge >= 0.3 is 17.9 Å². The SMILES string of the molecule is COc1ccc(O[C@H]2O[C@H](CI)[C@H](OC(C)=O)[C@H](OC(C)=O)[C@H]2OC(C)=O)cc1. The monoisotopic (exact) mass is 522 g/mol. The van der Waals surface area contributed by atoms with Crippen molar-refractivity contribution in [3.05, 3.63) is 24.3 Å². The van der Waals surface area contributed by atoms with Crippen molar-refractivity contribution in [2.45, 2.75) is 51.5 Å². The Kier molecular flexibility index (Phi) is 8.50. The van der Waals surface area contributed by atoms with Gasteiger partial charge in [-0.1, -0.05) is 22.6 Å². The van der Waals surface area contributed by atoms with Crippen molar-refractivity contribution in [2.75, 3.05) is 11.5 Å². The van der Waals surface area contributed by atoms with Gasteiger partial charge in [-0.15, -0.1) is 0 Å². The third-order valence-corrected chi connectivity index (χ3v) is 4.83. The molecule has 1 saturated heterocycles. The summed E-state index contributed by atoms with van der Waals surface area (Å²) in [4.78, 5) is 35.0. The molecule has 1 aromatic rings. The van der Waals surface area contributed by atoms with Crippen LogP contribution in [0.25, 0.3) is 0 Å². The molecule has 0 spiro atoms. The van der Waals surface area contributed by atoms with Crippen LogP contribution in [0.3, 0.4) is 0 Å². The number of esters is 3. The average molecular weight is 522 g/mol. The largest absolute Gasteiger partial charge is 0.497 e. The Morgan fingerprint density at radius 3 is 1.83 bits per heavy atom. The van der Waals surface area contributed by atoms with E-state index in [1.54, 1.807) is 31.4 Å². The number of methoxy groups -OCH3 is 1. The number of alkyl halides is 1. The van der Waals surface area contributed by atoms with Gasteiger partial charge in [-0.2, -0.15) is 0 Å². The van der Waals surface area contributed by atoms with E-state index < -0.39 is 48.6 Å². The quantitative estimate of drug-likeness (QED) is 0.230. The van der Waals surface area contributed by atoms with Crippen molar-refractivity contribution < 1.29 is 42.8 Å². The molecule has 0 radical (unpaired) electrons. The van der Waals surface area contributed by atoms with Gasteiger partial charge in [-0.05, 0) is 24.3 Å². The van der Waals surface area contributed by atoms with Crippen LogP contribution in [0.15, 0.2) is 24.3 Å². The Morgan fingerprint density at radius 2 is 1.34 bits per heavy atom. The van der Waals surface area contributed by atoms with Crippen molar-refractivity contribution in [3.8, 4) is 11.5 Å². The van der Waals surface area contributed by atoms with Gasteiger partial charge in [0.2, 0.25) is 12.4 Å². The minimum atomic E-state index is -1.15. The molecule has 1 aromatic carbocycles. The van der Waals surface area contributed by atoms with Crippen molar-refractivity contribution in [1.82, 2.24) is 0 Å². The zero-order chi connectivity index (χ0) is 21.6. The van der Waals surface area contributed by atoms with E-state index in [4.69, 9.17) is 28.4 Å². The van der Waals surface area contributed by atoms with Gasteiger partial charge in [0.1, 0.15) is 17.6 Å². The molecule has 5 atom stereocenters. The van der Waals surface area contributed by atoms with Crippen LogP contribution in [-0.4, -0.2) is 60.2 Å². The van der Waals surface area contributed by atoms with E-state index in [1.807, 2.05) is 0 Å². The van der Waals surface area contributed by atoms with Gasteiger partial charge in [-0.25, -0.2) is 0 Å². The summed E-state index contributed by atoms with van der Waals surface area (Å²) in [6, 6.07) is 6.70. The summed E-state index contributed by atoms with van der Waals surface area (Å²) in [6.45, 7) is 3.65. The van der Waals surface area contributed by atoms with Crippen LogP contribution in [0, 0.1) is 0 Å². The molecule has 1 heterocycles. The number of benzene rings is 1. The maximum atomic E-state index is 11.7. The second-order valence-corrected chi connectivity index (χ2v) is 7.09. The second-order valence-electron chi connectivity index (χ2n) is 6.21. The number of ether oxygens (including phenoxy) is 6. The predicted octanol–water partition coefficient (Wildman–Crippen LogP) is 2.03. The molecule has 0 N–H and O–H groups in total. The van der Waals surface area contributed by atoms with E-state index in [-0.39, 0.29) is 0 Å². The second kappa shape index (κ2) is 10.6. The highest BCUT2D eigenvalue weighted by Gasteiger charge is 2.52. The Morgan fingerprint density at radius 1 is 0.862 bits per heavy atom. The molecule has 0 aromatic heterocycles. The first kappa shape index (κ1) is 23.2. The van der Waals surface area contributed by atoms with Crippen molar-refractivity contribution in [1.29, 1.82) is 0 Å². The van der Waals surface area contributed by atoms with Gasteiger partial charge in [0.25, 0.3) is 0 Å². The van der Waals surface area contributed by atoms with Crippen molar-refractivity contribution >= 4 is 40.5 Å². The van der Waals surface area contributed by atoms with Crippen molar-refractivity contribution in [3.63, 3.8) is 0 Å². The van der Waals surface area contributed by atoms with E-state index in [2.05, 4.69) is 22.6 Å². The Labute approximate surface area is 182 Å². The standard InChI is InChI=1S/C19H23IO9/c1-10(21)25-16-15(9-20)29-19(28-14-7-5-13(24-4)6-8-14)18(27-12(3)23)17(16)26-11(2)22/h5-8,15-19H,9H2,1-4H3/t15-,16+,17+,18-,19+/m1/s1. The van der Waals surface area contributed by atoms with Gasteiger partial charge in [0.15, 0.2) is 12.2 Å². The summed E-state index contributed by atoms with van der Waals surface area (Å²) in [5.41, 5.74) is 0. The van der Waals surface area contributed by atoms with Crippen LogP contribution in [0.5, 0.6) is 11.5 Å². The average Bonchev–Trinajstić information content (AvgIpc) is 2.65. The van der Waals surface area contributed by atoms with E-state index in [1.165, 1.54) is 20.8 Å². The summed E-state index contributed by atoms with van der Waals surface area (Å²) in [7, 11) is 1.54. The molecule has 1 aliphatic heterocycles. The molecule has 0 unspecified atom stereocenters. The van der Waals surface area contributed by atoms with Crippen LogP contribution in [0.4, 0.5) is 0 Å². The Hall–Kier alpha value is -2.08. The summed E-state index contributed by atoms with van der Waals surface area (Å²) in [6.07, 6.45) is -4.96. The summed E-state index contributed by atoms with van der Waals surface area (Å²) < 4.78 is 33.4. The highest BCUT2D eigenvalue weighted by atomic mass is 127. The van der Waals surface area contributed by atoms with Crippen LogP contribution in [0.2, 0.25) is 0 Å². The summed E-state index contributed by atoms with van der Waals surface area (Å²) in [5.74, 6) is -0.777. The Bertz CT molecular complexity index is 721. The van der Waals surface area contributed by atoms with E-state index in [0.29, 0.717) is 15.9 Å². The number of carbonyl (C=O) groups is 3. The predicted molar refractivity (Wildman–Crippen MR) is 108 cm³/mol. The number of hydrogen-bond acceptors (Lipinski definition) is 9. The molecule has 0 amide bonds. The molecule has 1 aliphatic rings. The first-order valence-corrected chi connectivity index (χ1v) is 10.3. The number of hydrogen-bond donors (Lipinski definition) is 0. The topological polar surface area (TPSA) is 107 Å². The van der Waals surface area contributed by atoms with E-state index in [0.717, 1.165) is 0 Å². The van der Waals surface area contributed by atoms with Crippen LogP contribution < -0.4 is 9.47 Å². The lowest BCUT2D eigenvalue weighted by Crippen LogP contribution is -2.63. The summed E-state index contributed by atoms with van der Waals surface area (Å²) in [5, 5.41) is 0. The number of rotatable bonds is 7. The molecule has 160 valence electrons. The van der Waals surface area contributed by atoms with Gasteiger partial charge < -0.3 is 28.4 Å². The zero-order valence-electron chi connectivity index (χ0n) is 16.5. The Balaban J connectivity index is 2.37. The number of carbonyl (C=O) groups excluding carboxylic acids is 3. The molecule has 29 heavy (non-hydrogen) atoms. The van der Waals surface area contributed by atoms with Gasteiger partial charge in [-0.3, -0.25) is 14.4 Å². The normalized spacial score (nSPS) is 26.2. The van der Waals surface area contributed by atoms with Crippen LogP contribution in [0.1, 0.15) is 20.8 Å². The fraction of sp³-hybridized carbons (Fsp3) is 0.526. The smallest absolute Gasteiger partial charge is 0.303 e. The molecule has 0 bridgehead atoms. The first-order valence-electron chi connectivity index (χ1n) is 8.79. The molecule has 9 nitrogen and oxygen atoms in total. The molecule has 1 fully saturated rings. The van der Waals surface area contributed by atoms with E-state index in [9.17, 15) is 14.4 Å². The fourth-order valence-electron chi connectivity index (χ4n) is 2.86. The zero-order valence-corrected chi connectivity index (χ0v) is 18.6. The summed E-state index contributed by atoms with van der Waals surface area (Å²) >= 11 is 2.06.